The number of β-amino-alcohol motifs (C(OH)–C–C–N with tert-alkyl or cyclic N) is 1. The Morgan fingerprint density at radius 2 is 1.90 bits per heavy atom. The van der Waals surface area contributed by atoms with E-state index in [9.17, 15) is 19.5 Å². The predicted molar refractivity (Wildman–Crippen MR) is 114 cm³/mol. The summed E-state index contributed by atoms with van der Waals surface area (Å²) in [4.78, 5) is 43.4. The third-order valence-electron chi connectivity index (χ3n) is 6.65. The molecule has 0 aromatic carbocycles. The molecule has 2 aliphatic rings. The van der Waals surface area contributed by atoms with Crippen molar-refractivity contribution in [3.8, 4) is 0 Å². The number of likely N-dealkylation sites (tertiary alicyclic amines) is 1. The summed E-state index contributed by atoms with van der Waals surface area (Å²) in [7, 11) is 3.01. The van der Waals surface area contributed by atoms with Gasteiger partial charge in [0.1, 0.15) is 0 Å². The number of aromatic nitrogens is 5. The number of hydrogen-bond donors (Lipinski definition) is 1. The Bertz CT molecular complexity index is 1330. The van der Waals surface area contributed by atoms with Crippen LogP contribution in [0, 0.1) is 5.92 Å². The van der Waals surface area contributed by atoms with Gasteiger partial charge in [0, 0.05) is 58.0 Å². The predicted octanol–water partition coefficient (Wildman–Crippen LogP) is -0.924. The maximum Gasteiger partial charge on any atom is 0.332 e. The Labute approximate surface area is 177 Å². The summed E-state index contributed by atoms with van der Waals surface area (Å²) in [5.74, 6) is 0.666. The van der Waals surface area contributed by atoms with Gasteiger partial charge in [0.25, 0.3) is 11.1 Å². The first-order valence-corrected chi connectivity index (χ1v) is 10.5. The van der Waals surface area contributed by atoms with Gasteiger partial charge < -0.3 is 14.2 Å². The van der Waals surface area contributed by atoms with Crippen LogP contribution in [0.4, 0.5) is 0 Å². The van der Waals surface area contributed by atoms with E-state index in [-0.39, 0.29) is 18.0 Å². The fourth-order valence-electron chi connectivity index (χ4n) is 5.26. The van der Waals surface area contributed by atoms with Crippen LogP contribution >= 0.6 is 0 Å². The number of aliphatic hydroxyl groups is 1. The molecular weight excluding hydrogens is 400 g/mol. The van der Waals surface area contributed by atoms with Crippen molar-refractivity contribution in [1.82, 2.24) is 28.2 Å². The molecule has 1 N–H and O–H groups in total. The van der Waals surface area contributed by atoms with Crippen molar-refractivity contribution in [3.05, 3.63) is 61.4 Å². The van der Waals surface area contributed by atoms with Crippen LogP contribution in [0.15, 0.2) is 38.9 Å². The van der Waals surface area contributed by atoms with Crippen LogP contribution in [-0.2, 0) is 27.2 Å². The number of nitrogens with zero attached hydrogens (tertiary/aromatic N) is 6. The van der Waals surface area contributed by atoms with E-state index in [4.69, 9.17) is 0 Å². The van der Waals surface area contributed by atoms with Crippen LogP contribution in [0.1, 0.15) is 18.0 Å². The van der Waals surface area contributed by atoms with Gasteiger partial charge in [0.05, 0.1) is 19.0 Å². The first kappa shape index (κ1) is 20.0. The average Bonchev–Trinajstić information content (AvgIpc) is 3.15. The minimum Gasteiger partial charge on any atom is -0.390 e. The van der Waals surface area contributed by atoms with Crippen LogP contribution in [-0.4, -0.2) is 59.0 Å². The number of aryl methyl sites for hydroxylation is 1. The zero-order valence-electron chi connectivity index (χ0n) is 17.6. The summed E-state index contributed by atoms with van der Waals surface area (Å²) in [6.07, 6.45) is 1.87. The fraction of sp³-hybridized carbons (Fsp3) is 0.524. The van der Waals surface area contributed by atoms with E-state index in [0.717, 1.165) is 29.8 Å². The highest BCUT2D eigenvalue weighted by Gasteiger charge is 2.35. The van der Waals surface area contributed by atoms with Crippen molar-refractivity contribution in [2.45, 2.75) is 31.5 Å². The van der Waals surface area contributed by atoms with Crippen LogP contribution in [0.2, 0.25) is 0 Å². The minimum atomic E-state index is -0.698. The molecule has 1 saturated heterocycles. The third-order valence-corrected chi connectivity index (χ3v) is 6.65. The molecule has 1 fully saturated rings. The van der Waals surface area contributed by atoms with E-state index in [1.165, 1.54) is 17.9 Å². The normalized spacial score (nSPS) is 21.9. The van der Waals surface area contributed by atoms with Crippen molar-refractivity contribution >= 4 is 11.2 Å². The smallest absolute Gasteiger partial charge is 0.332 e. The average molecular weight is 426 g/mol. The molecule has 2 bridgehead atoms. The lowest BCUT2D eigenvalue weighted by Crippen LogP contribution is -2.49. The van der Waals surface area contributed by atoms with Gasteiger partial charge in [-0.1, -0.05) is 6.07 Å². The van der Waals surface area contributed by atoms with Crippen LogP contribution < -0.4 is 16.8 Å². The Morgan fingerprint density at radius 3 is 2.71 bits per heavy atom. The van der Waals surface area contributed by atoms with Crippen LogP contribution in [0.3, 0.4) is 0 Å². The Kier molecular flexibility index (Phi) is 4.71. The highest BCUT2D eigenvalue weighted by atomic mass is 16.3. The van der Waals surface area contributed by atoms with Crippen molar-refractivity contribution in [2.24, 2.45) is 20.0 Å². The number of imidazole rings is 1. The molecule has 10 heteroatoms. The third kappa shape index (κ3) is 3.26. The Balaban J connectivity index is 1.34. The van der Waals surface area contributed by atoms with Crippen LogP contribution in [0.5, 0.6) is 0 Å². The van der Waals surface area contributed by atoms with E-state index in [2.05, 4.69) is 9.88 Å². The molecule has 0 unspecified atom stereocenters. The van der Waals surface area contributed by atoms with Crippen molar-refractivity contribution < 1.29 is 5.11 Å². The van der Waals surface area contributed by atoms with E-state index in [0.29, 0.717) is 30.2 Å². The maximum atomic E-state index is 12.6. The van der Waals surface area contributed by atoms with Crippen LogP contribution in [0.25, 0.3) is 11.2 Å². The van der Waals surface area contributed by atoms with Gasteiger partial charge in [-0.2, -0.15) is 0 Å². The second-order valence-electron chi connectivity index (χ2n) is 8.85. The number of pyridine rings is 1. The molecule has 164 valence electrons. The zero-order chi connectivity index (χ0) is 21.9. The van der Waals surface area contributed by atoms with Gasteiger partial charge in [-0.3, -0.25) is 23.6 Å². The maximum absolute atomic E-state index is 12.6. The molecule has 3 atom stereocenters. The van der Waals surface area contributed by atoms with Gasteiger partial charge in [-0.25, -0.2) is 9.78 Å². The second kappa shape index (κ2) is 7.31. The monoisotopic (exact) mass is 426 g/mol. The Hall–Kier alpha value is -2.98. The number of aliphatic hydroxyl groups excluding tert-OH is 1. The van der Waals surface area contributed by atoms with Gasteiger partial charge in [0.2, 0.25) is 0 Å². The molecule has 0 amide bonds. The van der Waals surface area contributed by atoms with Crippen molar-refractivity contribution in [3.63, 3.8) is 0 Å². The first-order valence-electron chi connectivity index (χ1n) is 10.5. The summed E-state index contributed by atoms with van der Waals surface area (Å²) in [6, 6.07) is 5.46. The molecule has 3 aromatic rings. The summed E-state index contributed by atoms with van der Waals surface area (Å²) < 4.78 is 5.91. The molecule has 0 spiro atoms. The molecule has 0 saturated carbocycles. The molecule has 0 aliphatic carbocycles. The van der Waals surface area contributed by atoms with Gasteiger partial charge in [-0.15, -0.1) is 0 Å². The van der Waals surface area contributed by atoms with E-state index in [1.807, 2.05) is 16.7 Å². The van der Waals surface area contributed by atoms with Crippen molar-refractivity contribution in [1.29, 1.82) is 0 Å². The van der Waals surface area contributed by atoms with E-state index >= 15 is 0 Å². The van der Waals surface area contributed by atoms with E-state index in [1.54, 1.807) is 17.7 Å². The van der Waals surface area contributed by atoms with Gasteiger partial charge in [-0.05, 0) is 18.4 Å². The highest BCUT2D eigenvalue weighted by molar-refractivity contribution is 5.69. The Morgan fingerprint density at radius 1 is 1.10 bits per heavy atom. The number of hydrogen-bond acceptors (Lipinski definition) is 6. The summed E-state index contributed by atoms with van der Waals surface area (Å²) in [5.41, 5.74) is 0.916. The lowest BCUT2D eigenvalue weighted by molar-refractivity contribution is 0.0552. The molecular formula is C21H26N6O4. The molecule has 5 rings (SSSR count). The van der Waals surface area contributed by atoms with Gasteiger partial charge in [0.15, 0.2) is 11.2 Å². The quantitative estimate of drug-likeness (QED) is 0.578. The second-order valence-corrected chi connectivity index (χ2v) is 8.85. The standard InChI is InChI=1S/C21H26N6O4/c1-23-19-18(20(30)24(2)21(23)31)26(12-22-19)11-15(28)10-25-7-13-6-14(9-25)16-4-3-5-17(29)27(16)8-13/h3-5,12-15,28H,6-11H2,1-2H3/t13-,14-,15+/m0/s1. The largest absolute Gasteiger partial charge is 0.390 e. The summed E-state index contributed by atoms with van der Waals surface area (Å²) in [6.45, 7) is 3.02. The zero-order valence-corrected chi connectivity index (χ0v) is 17.6. The molecule has 31 heavy (non-hydrogen) atoms. The lowest BCUT2D eigenvalue weighted by atomic mass is 9.83. The van der Waals surface area contributed by atoms with E-state index < -0.39 is 17.4 Å². The number of rotatable bonds is 4. The lowest BCUT2D eigenvalue weighted by Gasteiger charge is -2.43. The first-order chi connectivity index (χ1) is 14.8. The minimum absolute atomic E-state index is 0.0589. The molecule has 3 aromatic heterocycles. The molecule has 5 heterocycles. The highest BCUT2D eigenvalue weighted by Crippen LogP contribution is 2.34. The number of fused-ring (bicyclic) bond motifs is 5. The van der Waals surface area contributed by atoms with Crippen molar-refractivity contribution in [2.75, 3.05) is 19.6 Å². The SMILES string of the molecule is Cn1c(=O)c2c(ncn2C[C@H](O)CN2C[C@@H]3C[C@@H](C2)c2cccc(=O)n2C3)n(C)c1=O. The fourth-order valence-corrected chi connectivity index (χ4v) is 5.26. The molecule has 2 aliphatic heterocycles. The molecule has 10 nitrogen and oxygen atoms in total. The van der Waals surface area contributed by atoms with Gasteiger partial charge >= 0.3 is 5.69 Å². The summed E-state index contributed by atoms with van der Waals surface area (Å²) >= 11 is 0. The summed E-state index contributed by atoms with van der Waals surface area (Å²) in [5, 5.41) is 10.8. The number of piperidine rings is 1. The molecule has 0 radical (unpaired) electrons. The topological polar surface area (TPSA) is 107 Å².